The van der Waals surface area contributed by atoms with Gasteiger partial charge in [0.15, 0.2) is 0 Å². The number of rotatable bonds is 6. The van der Waals surface area contributed by atoms with Gasteiger partial charge in [-0.3, -0.25) is 0 Å². The van der Waals surface area contributed by atoms with Gasteiger partial charge in [-0.25, -0.2) is 0 Å². The third-order valence-electron chi connectivity index (χ3n) is 2.48. The van der Waals surface area contributed by atoms with Crippen LogP contribution in [0.4, 0.5) is 0 Å². The van der Waals surface area contributed by atoms with Crippen molar-refractivity contribution in [1.29, 1.82) is 0 Å². The van der Waals surface area contributed by atoms with E-state index >= 15 is 0 Å². The Morgan fingerprint density at radius 1 is 0.800 bits per heavy atom. The Labute approximate surface area is 93.7 Å². The van der Waals surface area contributed by atoms with E-state index in [4.69, 9.17) is 0 Å². The first kappa shape index (κ1) is 13.4. The third-order valence-corrected chi connectivity index (χ3v) is 2.48. The highest BCUT2D eigenvalue weighted by atomic mass is 14.3. The summed E-state index contributed by atoms with van der Waals surface area (Å²) in [6.45, 7) is 19.3. The first-order valence-electron chi connectivity index (χ1n) is 4.95. The van der Waals surface area contributed by atoms with Crippen LogP contribution in [0.2, 0.25) is 0 Å². The number of hydrogen-bond donors (Lipinski definition) is 0. The average Bonchev–Trinajstić information content (AvgIpc) is 2.21. The van der Waals surface area contributed by atoms with Crippen molar-refractivity contribution in [3.05, 3.63) is 73.9 Å². The molecule has 0 spiro atoms. The fraction of sp³-hybridized carbons (Fsp3) is 0.200. The van der Waals surface area contributed by atoms with Gasteiger partial charge in [0.2, 0.25) is 0 Å². The van der Waals surface area contributed by atoms with Crippen LogP contribution in [-0.2, 0) is 0 Å². The van der Waals surface area contributed by atoms with Crippen LogP contribution < -0.4 is 0 Å². The van der Waals surface area contributed by atoms with E-state index in [1.807, 2.05) is 24.3 Å². The predicted octanol–water partition coefficient (Wildman–Crippen LogP) is 4.61. The third kappa shape index (κ3) is 3.25. The van der Waals surface area contributed by atoms with Crippen molar-refractivity contribution in [1.82, 2.24) is 0 Å². The van der Waals surface area contributed by atoms with Crippen molar-refractivity contribution >= 4 is 0 Å². The van der Waals surface area contributed by atoms with E-state index in [2.05, 4.69) is 40.2 Å². The van der Waals surface area contributed by atoms with E-state index in [0.29, 0.717) is 0 Å². The molecule has 0 aromatic rings. The van der Waals surface area contributed by atoms with Gasteiger partial charge in [0.1, 0.15) is 0 Å². The van der Waals surface area contributed by atoms with Crippen LogP contribution in [0, 0.1) is 5.41 Å². The topological polar surface area (TPSA) is 0 Å². The van der Waals surface area contributed by atoms with Gasteiger partial charge < -0.3 is 0 Å². The van der Waals surface area contributed by atoms with Crippen LogP contribution in [0.3, 0.4) is 0 Å². The van der Waals surface area contributed by atoms with Gasteiger partial charge in [0, 0.05) is 5.41 Å². The van der Waals surface area contributed by atoms with Crippen molar-refractivity contribution in [2.45, 2.75) is 13.8 Å². The summed E-state index contributed by atoms with van der Waals surface area (Å²) in [6.07, 6.45) is 11.2. The summed E-state index contributed by atoms with van der Waals surface area (Å²) in [5.74, 6) is 0. The molecule has 0 amide bonds. The van der Waals surface area contributed by atoms with Gasteiger partial charge in [0.25, 0.3) is 0 Å². The lowest BCUT2D eigenvalue weighted by Crippen LogP contribution is -2.15. The summed E-state index contributed by atoms with van der Waals surface area (Å²) in [6, 6.07) is 0. The summed E-state index contributed by atoms with van der Waals surface area (Å²) < 4.78 is 0. The summed E-state index contributed by atoms with van der Waals surface area (Å²) in [7, 11) is 0. The molecule has 0 fully saturated rings. The maximum absolute atomic E-state index is 3.82. The molecule has 0 aromatic carbocycles. The maximum Gasteiger partial charge on any atom is 0.0146 e. The van der Waals surface area contributed by atoms with Crippen LogP contribution >= 0.6 is 0 Å². The molecular weight excluding hydrogens is 180 g/mol. The lowest BCUT2D eigenvalue weighted by molar-refractivity contribution is 0.567. The van der Waals surface area contributed by atoms with Crippen molar-refractivity contribution in [3.63, 3.8) is 0 Å². The molecule has 0 aliphatic heterocycles. The molecular formula is C15H20. The highest BCUT2D eigenvalue weighted by Gasteiger charge is 2.23. The molecule has 0 rings (SSSR count). The maximum atomic E-state index is 3.82. The lowest BCUT2D eigenvalue weighted by atomic mass is 9.76. The van der Waals surface area contributed by atoms with E-state index in [1.165, 1.54) is 0 Å². The standard InChI is InChI=1S/C15H20/c1-7-11-13(9-3)15(5,6)14(10-4)12-8-2/h7-12H,1-4H2,5-6H3/b13-11+,14-12+. The van der Waals surface area contributed by atoms with Gasteiger partial charge in [0.05, 0.1) is 0 Å². The Kier molecular flexibility index (Phi) is 5.40. The van der Waals surface area contributed by atoms with E-state index < -0.39 is 0 Å². The van der Waals surface area contributed by atoms with Gasteiger partial charge in [-0.2, -0.15) is 0 Å². The Balaban J connectivity index is 5.42. The molecule has 15 heavy (non-hydrogen) atoms. The Hall–Kier alpha value is -1.56. The highest BCUT2D eigenvalue weighted by Crippen LogP contribution is 2.35. The smallest absolute Gasteiger partial charge is 0.0146 e. The van der Waals surface area contributed by atoms with Crippen molar-refractivity contribution in [2.75, 3.05) is 0 Å². The summed E-state index contributed by atoms with van der Waals surface area (Å²) in [5, 5.41) is 0. The zero-order valence-electron chi connectivity index (χ0n) is 9.79. The molecule has 0 aromatic heterocycles. The fourth-order valence-electron chi connectivity index (χ4n) is 1.48. The molecule has 0 aliphatic carbocycles. The second kappa shape index (κ2) is 6.02. The Morgan fingerprint density at radius 2 is 1.13 bits per heavy atom. The molecule has 0 unspecified atom stereocenters. The SMILES string of the molecule is C=C/C=C(\C=C)C(C)(C)/C(C=C)=C/C=C. The Morgan fingerprint density at radius 3 is 1.33 bits per heavy atom. The van der Waals surface area contributed by atoms with Crippen LogP contribution in [0.15, 0.2) is 73.9 Å². The molecule has 0 heteroatoms. The van der Waals surface area contributed by atoms with Gasteiger partial charge >= 0.3 is 0 Å². The zero-order valence-corrected chi connectivity index (χ0v) is 9.79. The van der Waals surface area contributed by atoms with E-state index in [0.717, 1.165) is 11.1 Å². The summed E-state index contributed by atoms with van der Waals surface area (Å²) in [4.78, 5) is 0. The van der Waals surface area contributed by atoms with E-state index in [1.54, 1.807) is 12.2 Å². The van der Waals surface area contributed by atoms with E-state index in [9.17, 15) is 0 Å². The largest absolute Gasteiger partial charge is 0.0991 e. The second-order valence-electron chi connectivity index (χ2n) is 3.75. The van der Waals surface area contributed by atoms with Crippen molar-refractivity contribution < 1.29 is 0 Å². The summed E-state index contributed by atoms with van der Waals surface area (Å²) in [5.41, 5.74) is 2.11. The zero-order chi connectivity index (χ0) is 11.9. The molecule has 0 saturated carbocycles. The van der Waals surface area contributed by atoms with Gasteiger partial charge in [-0.15, -0.1) is 0 Å². The molecule has 0 bridgehead atoms. The molecule has 0 aliphatic rings. The molecule has 80 valence electrons. The Bertz CT molecular complexity index is 290. The average molecular weight is 200 g/mol. The fourth-order valence-corrected chi connectivity index (χ4v) is 1.48. The quantitative estimate of drug-likeness (QED) is 0.549. The minimum Gasteiger partial charge on any atom is -0.0991 e. The molecule has 0 radical (unpaired) electrons. The molecule has 0 heterocycles. The predicted molar refractivity (Wildman–Crippen MR) is 70.7 cm³/mol. The molecule has 0 N–H and O–H groups in total. The first-order valence-corrected chi connectivity index (χ1v) is 4.95. The monoisotopic (exact) mass is 200 g/mol. The summed E-state index contributed by atoms with van der Waals surface area (Å²) >= 11 is 0. The number of hydrogen-bond acceptors (Lipinski definition) is 0. The molecule has 0 nitrogen and oxygen atoms in total. The normalized spacial score (nSPS) is 13.2. The van der Waals surface area contributed by atoms with Crippen molar-refractivity contribution in [2.24, 2.45) is 5.41 Å². The van der Waals surface area contributed by atoms with E-state index in [-0.39, 0.29) is 5.41 Å². The van der Waals surface area contributed by atoms with Crippen molar-refractivity contribution in [3.8, 4) is 0 Å². The first-order chi connectivity index (χ1) is 7.04. The minimum absolute atomic E-state index is 0.119. The highest BCUT2D eigenvalue weighted by molar-refractivity contribution is 5.41. The van der Waals surface area contributed by atoms with Crippen LogP contribution in [0.25, 0.3) is 0 Å². The van der Waals surface area contributed by atoms with Crippen LogP contribution in [0.5, 0.6) is 0 Å². The number of allylic oxidation sites excluding steroid dienone is 8. The van der Waals surface area contributed by atoms with Crippen LogP contribution in [0.1, 0.15) is 13.8 Å². The molecule has 0 atom stereocenters. The van der Waals surface area contributed by atoms with Gasteiger partial charge in [-0.1, -0.05) is 76.6 Å². The molecule has 0 saturated heterocycles. The second-order valence-corrected chi connectivity index (χ2v) is 3.75. The van der Waals surface area contributed by atoms with Crippen LogP contribution in [-0.4, -0.2) is 0 Å². The minimum atomic E-state index is -0.119. The van der Waals surface area contributed by atoms with Gasteiger partial charge in [-0.05, 0) is 11.1 Å². The lowest BCUT2D eigenvalue weighted by Gasteiger charge is -2.27.